The number of benzene rings is 2. The molecule has 0 amide bonds. The predicted molar refractivity (Wildman–Crippen MR) is 136 cm³/mol. The third kappa shape index (κ3) is 4.68. The summed E-state index contributed by atoms with van der Waals surface area (Å²) < 4.78 is 2.19. The Morgan fingerprint density at radius 3 is 2.85 bits per heavy atom. The summed E-state index contributed by atoms with van der Waals surface area (Å²) in [6.45, 7) is 2.62. The minimum Gasteiger partial charge on any atom is -0.335 e. The first-order chi connectivity index (χ1) is 16.2. The van der Waals surface area contributed by atoms with E-state index in [1.165, 1.54) is 39.6 Å². The van der Waals surface area contributed by atoms with Crippen LogP contribution in [0, 0.1) is 0 Å². The third-order valence-corrected chi connectivity index (χ3v) is 7.05. The van der Waals surface area contributed by atoms with Gasteiger partial charge in [-0.1, -0.05) is 42.1 Å². The summed E-state index contributed by atoms with van der Waals surface area (Å²) in [5.41, 5.74) is 16.2. The Hall–Kier alpha value is -3.45. The number of nitrogens with one attached hydrogen (secondary N) is 2. The standard InChI is InChI=1S/C26H28N6S/c27-26(28)30-14-6-13-29-23-17-19(12-16-31(23)21-9-2-1-3-10-21)18-24-32-15-5-8-20-7-4-11-22(33-24)25(20)32/h1-4,7,9-12,16-18H,5-6,8,13-15H2,(H4,27,28,30)/p+2. The molecule has 0 bridgehead atoms. The zero-order chi connectivity index (χ0) is 22.6. The fourth-order valence-electron chi connectivity index (χ4n) is 4.43. The van der Waals surface area contributed by atoms with Crippen molar-refractivity contribution in [1.82, 2.24) is 0 Å². The number of thioether (sulfide) groups is 1. The van der Waals surface area contributed by atoms with Crippen LogP contribution in [0.2, 0.25) is 0 Å². The number of aryl methyl sites for hydroxylation is 1. The van der Waals surface area contributed by atoms with Crippen LogP contribution in [0.3, 0.4) is 0 Å². The van der Waals surface area contributed by atoms with Crippen molar-refractivity contribution in [3.05, 3.63) is 83.0 Å². The highest BCUT2D eigenvalue weighted by Crippen LogP contribution is 2.50. The van der Waals surface area contributed by atoms with E-state index >= 15 is 0 Å². The Morgan fingerprint density at radius 1 is 1.12 bits per heavy atom. The molecule has 7 heteroatoms. The van der Waals surface area contributed by atoms with Crippen LogP contribution >= 0.6 is 11.8 Å². The smallest absolute Gasteiger partial charge is 0.335 e. The van der Waals surface area contributed by atoms with Gasteiger partial charge in [-0.2, -0.15) is 0 Å². The van der Waals surface area contributed by atoms with Gasteiger partial charge in [-0.05, 0) is 54.3 Å². The van der Waals surface area contributed by atoms with Gasteiger partial charge in [-0.15, -0.1) is 0 Å². The summed E-state index contributed by atoms with van der Waals surface area (Å²) in [7, 11) is 0. The molecule has 1 aromatic heterocycles. The molecule has 0 saturated carbocycles. The van der Waals surface area contributed by atoms with Crippen molar-refractivity contribution in [2.45, 2.75) is 24.2 Å². The summed E-state index contributed by atoms with van der Waals surface area (Å²) in [6.07, 6.45) is 7.73. The average Bonchev–Trinajstić information content (AvgIpc) is 3.18. The number of para-hydroxylation sites is 2. The fraction of sp³-hybridized carbons (Fsp3) is 0.231. The van der Waals surface area contributed by atoms with Gasteiger partial charge in [0, 0.05) is 23.9 Å². The number of hydrogen-bond donors (Lipinski definition) is 4. The van der Waals surface area contributed by atoms with Crippen LogP contribution in [0.4, 0.5) is 11.5 Å². The van der Waals surface area contributed by atoms with Gasteiger partial charge in [0.2, 0.25) is 0 Å². The van der Waals surface area contributed by atoms with E-state index < -0.39 is 0 Å². The van der Waals surface area contributed by atoms with Crippen molar-refractivity contribution < 1.29 is 9.56 Å². The van der Waals surface area contributed by atoms with Crippen molar-refractivity contribution in [3.63, 3.8) is 0 Å². The molecule has 3 heterocycles. The average molecular weight is 459 g/mol. The molecule has 6 N–H and O–H groups in total. The van der Waals surface area contributed by atoms with Gasteiger partial charge in [-0.25, -0.2) is 4.57 Å². The third-order valence-electron chi connectivity index (χ3n) is 5.95. The molecule has 0 unspecified atom stereocenters. The zero-order valence-electron chi connectivity index (χ0n) is 18.6. The second-order valence-electron chi connectivity index (χ2n) is 8.32. The molecule has 0 fully saturated rings. The first kappa shape index (κ1) is 21.4. The SMILES string of the molecule is NC(N)=[NH+]CCCNc1cc(C=C2Sc3cccc4c3N2CCC4)cc[n+]1-c1ccccc1. The predicted octanol–water partition coefficient (Wildman–Crippen LogP) is 1.98. The number of anilines is 2. The number of guanidine groups is 1. The van der Waals surface area contributed by atoms with Gasteiger partial charge in [0.1, 0.15) is 5.69 Å². The second kappa shape index (κ2) is 9.58. The Kier molecular flexibility index (Phi) is 6.21. The number of aromatic nitrogens is 1. The van der Waals surface area contributed by atoms with Gasteiger partial charge in [0.05, 0.1) is 30.0 Å². The topological polar surface area (TPSA) is 85.2 Å². The lowest BCUT2D eigenvalue weighted by Gasteiger charge is -2.27. The first-order valence-electron chi connectivity index (χ1n) is 11.4. The maximum Gasteiger partial charge on any atom is 0.338 e. The van der Waals surface area contributed by atoms with E-state index in [1.807, 2.05) is 17.8 Å². The van der Waals surface area contributed by atoms with E-state index in [4.69, 9.17) is 11.5 Å². The number of nitrogens with two attached hydrogens (primary N) is 2. The first-order valence-corrected chi connectivity index (χ1v) is 12.3. The molecule has 33 heavy (non-hydrogen) atoms. The molecule has 6 nitrogen and oxygen atoms in total. The molecule has 0 radical (unpaired) electrons. The highest BCUT2D eigenvalue weighted by atomic mass is 32.2. The number of rotatable bonds is 7. The summed E-state index contributed by atoms with van der Waals surface area (Å²) in [5, 5.41) is 4.90. The molecule has 5 rings (SSSR count). The molecule has 0 aliphatic carbocycles. The molecule has 0 saturated heterocycles. The molecule has 2 aliphatic rings. The fourth-order valence-corrected chi connectivity index (χ4v) is 5.63. The Balaban J connectivity index is 1.43. The number of nitrogens with zero attached hydrogens (tertiary/aromatic N) is 2. The van der Waals surface area contributed by atoms with Crippen molar-refractivity contribution in [3.8, 4) is 5.69 Å². The maximum atomic E-state index is 5.50. The monoisotopic (exact) mass is 458 g/mol. The molecule has 0 spiro atoms. The van der Waals surface area contributed by atoms with Crippen LogP contribution in [-0.4, -0.2) is 25.6 Å². The van der Waals surface area contributed by atoms with Crippen molar-refractivity contribution in [2.75, 3.05) is 29.9 Å². The largest absolute Gasteiger partial charge is 0.338 e. The van der Waals surface area contributed by atoms with Crippen LogP contribution in [0.1, 0.15) is 24.0 Å². The zero-order valence-corrected chi connectivity index (χ0v) is 19.4. The quantitative estimate of drug-likeness (QED) is 0.188. The van der Waals surface area contributed by atoms with Crippen LogP contribution in [0.25, 0.3) is 11.8 Å². The van der Waals surface area contributed by atoms with Crippen LogP contribution in [0.5, 0.6) is 0 Å². The van der Waals surface area contributed by atoms with E-state index in [1.54, 1.807) is 0 Å². The normalized spacial score (nSPS) is 15.4. The number of hydrogen-bond acceptors (Lipinski definition) is 3. The lowest BCUT2D eigenvalue weighted by atomic mass is 10.0. The van der Waals surface area contributed by atoms with E-state index in [-0.39, 0.29) is 5.96 Å². The van der Waals surface area contributed by atoms with Crippen molar-refractivity contribution in [1.29, 1.82) is 0 Å². The highest BCUT2D eigenvalue weighted by Gasteiger charge is 2.30. The second-order valence-corrected chi connectivity index (χ2v) is 9.38. The van der Waals surface area contributed by atoms with Gasteiger partial charge in [-0.3, -0.25) is 21.8 Å². The van der Waals surface area contributed by atoms with E-state index in [0.29, 0.717) is 0 Å². The van der Waals surface area contributed by atoms with E-state index in [9.17, 15) is 0 Å². The summed E-state index contributed by atoms with van der Waals surface area (Å²) >= 11 is 1.88. The number of pyridine rings is 1. The Bertz CT molecular complexity index is 1200. The van der Waals surface area contributed by atoms with Gasteiger partial charge >= 0.3 is 5.96 Å². The summed E-state index contributed by atoms with van der Waals surface area (Å²) in [4.78, 5) is 6.84. The molecule has 3 aromatic rings. The summed E-state index contributed by atoms with van der Waals surface area (Å²) in [6, 6.07) is 21.5. The highest BCUT2D eigenvalue weighted by molar-refractivity contribution is 8.03. The van der Waals surface area contributed by atoms with Gasteiger partial charge in [0.15, 0.2) is 0 Å². The molecular formula is C26H30N6S+2. The minimum atomic E-state index is 0.263. The van der Waals surface area contributed by atoms with Crippen LogP contribution in [-0.2, 0) is 6.42 Å². The molecular weight excluding hydrogens is 428 g/mol. The lowest BCUT2D eigenvalue weighted by molar-refractivity contribution is -0.580. The van der Waals surface area contributed by atoms with Gasteiger partial charge in [0.25, 0.3) is 5.82 Å². The molecule has 0 atom stereocenters. The van der Waals surface area contributed by atoms with Crippen molar-refractivity contribution in [2.24, 2.45) is 11.5 Å². The molecule has 2 aromatic carbocycles. The Morgan fingerprint density at radius 2 is 2.00 bits per heavy atom. The summed E-state index contributed by atoms with van der Waals surface area (Å²) in [5.74, 6) is 1.32. The molecule has 2 aliphatic heterocycles. The lowest BCUT2D eigenvalue weighted by Crippen LogP contribution is -2.78. The van der Waals surface area contributed by atoms with E-state index in [2.05, 4.69) is 86.6 Å². The van der Waals surface area contributed by atoms with Gasteiger partial charge < -0.3 is 4.90 Å². The van der Waals surface area contributed by atoms with Crippen molar-refractivity contribution >= 4 is 35.3 Å². The molecule has 168 valence electrons. The van der Waals surface area contributed by atoms with Crippen LogP contribution in [0.15, 0.2) is 76.8 Å². The minimum absolute atomic E-state index is 0.263. The maximum absolute atomic E-state index is 5.50. The van der Waals surface area contributed by atoms with E-state index in [0.717, 1.165) is 37.6 Å². The Labute approximate surface area is 199 Å². The van der Waals surface area contributed by atoms with Crippen LogP contribution < -0.4 is 31.2 Å².